The number of hydrogen-bond acceptors (Lipinski definition) is 5. The van der Waals surface area contributed by atoms with Gasteiger partial charge in [-0.2, -0.15) is 18.3 Å². The number of aromatic nitrogens is 5. The first kappa shape index (κ1) is 19.7. The number of rotatable bonds is 4. The van der Waals surface area contributed by atoms with E-state index in [4.69, 9.17) is 16.7 Å². The van der Waals surface area contributed by atoms with Crippen LogP contribution >= 0.6 is 11.6 Å². The third-order valence-corrected chi connectivity index (χ3v) is 4.97. The summed E-state index contributed by atoms with van der Waals surface area (Å²) in [4.78, 5) is 19.6. The van der Waals surface area contributed by atoms with Gasteiger partial charge in [-0.1, -0.05) is 11.6 Å². The lowest BCUT2D eigenvalue weighted by Crippen LogP contribution is -2.08. The molecule has 0 aliphatic carbocycles. The van der Waals surface area contributed by atoms with E-state index in [2.05, 4.69) is 25.5 Å². The molecule has 0 aliphatic rings. The van der Waals surface area contributed by atoms with Crippen LogP contribution in [0.1, 0.15) is 21.6 Å². The number of aromatic amines is 1. The topological polar surface area (TPSA) is 108 Å². The average molecular weight is 437 g/mol. The number of anilines is 2. The highest BCUT2D eigenvalue weighted by Gasteiger charge is 2.37. The van der Waals surface area contributed by atoms with Crippen molar-refractivity contribution in [3.63, 3.8) is 0 Å². The molecule has 0 spiro atoms. The van der Waals surface area contributed by atoms with Crippen molar-refractivity contribution in [2.75, 3.05) is 5.32 Å². The molecule has 30 heavy (non-hydrogen) atoms. The second-order valence-corrected chi connectivity index (χ2v) is 6.67. The molecule has 0 atom stereocenters. The number of imidazole rings is 1. The van der Waals surface area contributed by atoms with Gasteiger partial charge in [0.25, 0.3) is 0 Å². The Kier molecular flexibility index (Phi) is 4.61. The van der Waals surface area contributed by atoms with Crippen LogP contribution in [0.25, 0.3) is 16.9 Å². The fraction of sp³-hybridized carbons (Fsp3) is 0.111. The van der Waals surface area contributed by atoms with E-state index in [1.54, 1.807) is 6.92 Å². The Morgan fingerprint density at radius 2 is 2.07 bits per heavy atom. The Morgan fingerprint density at radius 1 is 1.30 bits per heavy atom. The molecular formula is C18H12ClF3N6O2. The van der Waals surface area contributed by atoms with Crippen LogP contribution in [-0.4, -0.2) is 35.6 Å². The van der Waals surface area contributed by atoms with Gasteiger partial charge in [0.2, 0.25) is 0 Å². The number of nitrogens with zero attached hydrogens (tertiary/aromatic N) is 4. The van der Waals surface area contributed by atoms with E-state index in [9.17, 15) is 18.0 Å². The zero-order valence-corrected chi connectivity index (χ0v) is 15.9. The smallest absolute Gasteiger partial charge is 0.435 e. The van der Waals surface area contributed by atoms with Crippen molar-refractivity contribution in [3.05, 3.63) is 58.8 Å². The third-order valence-electron chi connectivity index (χ3n) is 4.48. The molecule has 0 unspecified atom stereocenters. The van der Waals surface area contributed by atoms with Crippen LogP contribution in [-0.2, 0) is 6.18 Å². The van der Waals surface area contributed by atoms with E-state index >= 15 is 0 Å². The summed E-state index contributed by atoms with van der Waals surface area (Å²) in [6, 6.07) is 2.87. The van der Waals surface area contributed by atoms with Crippen LogP contribution < -0.4 is 5.32 Å². The molecule has 4 aromatic rings. The Balaban J connectivity index is 1.78. The molecule has 0 bridgehead atoms. The predicted molar refractivity (Wildman–Crippen MR) is 102 cm³/mol. The standard InChI is InChI=1S/C18H12ClF3N6O2/c1-8-11(3-2-9(13(8)19)17(29)30)26-15-16-24-7-12(28(16)5-4-23-15)10-6-25-27-14(10)18(20,21)22/h2-7H,1H3,(H,23,26)(H,25,27)(H,29,30). The van der Waals surface area contributed by atoms with Crippen molar-refractivity contribution in [2.45, 2.75) is 13.1 Å². The van der Waals surface area contributed by atoms with Crippen molar-refractivity contribution in [1.29, 1.82) is 0 Å². The van der Waals surface area contributed by atoms with Crippen molar-refractivity contribution < 1.29 is 23.1 Å². The molecule has 154 valence electrons. The number of fused-ring (bicyclic) bond motifs is 1. The van der Waals surface area contributed by atoms with Gasteiger partial charge in [0.15, 0.2) is 17.2 Å². The van der Waals surface area contributed by atoms with Crippen molar-refractivity contribution in [2.24, 2.45) is 0 Å². The Bertz CT molecular complexity index is 1280. The minimum atomic E-state index is -4.63. The number of halogens is 4. The number of nitrogens with one attached hydrogen (secondary N) is 2. The van der Waals surface area contributed by atoms with Gasteiger partial charge < -0.3 is 10.4 Å². The van der Waals surface area contributed by atoms with E-state index in [0.29, 0.717) is 11.3 Å². The Labute approximate surface area is 171 Å². The summed E-state index contributed by atoms with van der Waals surface area (Å²) in [7, 11) is 0. The summed E-state index contributed by atoms with van der Waals surface area (Å²) in [6.45, 7) is 1.63. The molecule has 0 radical (unpaired) electrons. The molecule has 1 aromatic carbocycles. The van der Waals surface area contributed by atoms with Gasteiger partial charge in [0.05, 0.1) is 28.0 Å². The number of carboxylic acids is 1. The van der Waals surface area contributed by atoms with Gasteiger partial charge in [-0.15, -0.1) is 0 Å². The summed E-state index contributed by atoms with van der Waals surface area (Å²) >= 11 is 6.13. The average Bonchev–Trinajstić information content (AvgIpc) is 3.32. The Morgan fingerprint density at radius 3 is 2.77 bits per heavy atom. The molecular weight excluding hydrogens is 425 g/mol. The molecule has 3 N–H and O–H groups in total. The molecule has 3 aromatic heterocycles. The highest BCUT2D eigenvalue weighted by molar-refractivity contribution is 6.34. The van der Waals surface area contributed by atoms with Gasteiger partial charge in [-0.25, -0.2) is 14.8 Å². The summed E-state index contributed by atoms with van der Waals surface area (Å²) < 4.78 is 41.1. The highest BCUT2D eigenvalue weighted by Crippen LogP contribution is 2.36. The first-order valence-corrected chi connectivity index (χ1v) is 8.79. The fourth-order valence-corrected chi connectivity index (χ4v) is 3.27. The molecule has 0 saturated heterocycles. The van der Waals surface area contributed by atoms with Gasteiger partial charge in [-0.3, -0.25) is 9.50 Å². The summed E-state index contributed by atoms with van der Waals surface area (Å²) in [5.74, 6) is -0.906. The van der Waals surface area contributed by atoms with E-state index in [-0.39, 0.29) is 33.3 Å². The van der Waals surface area contributed by atoms with Gasteiger partial charge >= 0.3 is 12.1 Å². The molecule has 0 fully saturated rings. The molecule has 4 rings (SSSR count). The van der Waals surface area contributed by atoms with E-state index in [1.165, 1.54) is 35.1 Å². The second-order valence-electron chi connectivity index (χ2n) is 6.29. The zero-order chi connectivity index (χ0) is 21.6. The number of carboxylic acid groups (broad SMARTS) is 1. The van der Waals surface area contributed by atoms with Crippen molar-refractivity contribution in [3.8, 4) is 11.3 Å². The highest BCUT2D eigenvalue weighted by atomic mass is 35.5. The lowest BCUT2D eigenvalue weighted by molar-refractivity contribution is -0.140. The SMILES string of the molecule is Cc1c(Nc2nccn3c(-c4c[nH]nc4C(F)(F)F)cnc23)ccc(C(=O)O)c1Cl. The number of carbonyl (C=O) groups is 1. The maximum atomic E-state index is 13.2. The molecule has 8 nitrogen and oxygen atoms in total. The normalized spacial score (nSPS) is 11.8. The van der Waals surface area contributed by atoms with Gasteiger partial charge in [0.1, 0.15) is 0 Å². The lowest BCUT2D eigenvalue weighted by Gasteiger charge is -2.12. The van der Waals surface area contributed by atoms with Gasteiger partial charge in [-0.05, 0) is 24.6 Å². The van der Waals surface area contributed by atoms with Crippen LogP contribution in [0.4, 0.5) is 24.7 Å². The van der Waals surface area contributed by atoms with Crippen molar-refractivity contribution >= 4 is 34.7 Å². The largest absolute Gasteiger partial charge is 0.478 e. The Hall–Kier alpha value is -3.60. The molecule has 0 saturated carbocycles. The summed E-state index contributed by atoms with van der Waals surface area (Å²) in [5.41, 5.74) is 0.135. The summed E-state index contributed by atoms with van der Waals surface area (Å²) in [6.07, 6.45) is 0.678. The van der Waals surface area contributed by atoms with E-state index < -0.39 is 17.8 Å². The molecule has 0 amide bonds. The van der Waals surface area contributed by atoms with Crippen LogP contribution in [0.2, 0.25) is 5.02 Å². The minimum absolute atomic E-state index is 0.0476. The molecule has 12 heteroatoms. The zero-order valence-electron chi connectivity index (χ0n) is 15.1. The maximum Gasteiger partial charge on any atom is 0.435 e. The third kappa shape index (κ3) is 3.22. The first-order valence-electron chi connectivity index (χ1n) is 8.41. The minimum Gasteiger partial charge on any atom is -0.478 e. The molecule has 3 heterocycles. The number of benzene rings is 1. The van der Waals surface area contributed by atoms with Crippen molar-refractivity contribution in [1.82, 2.24) is 24.6 Å². The van der Waals surface area contributed by atoms with E-state index in [1.807, 2.05) is 0 Å². The van der Waals surface area contributed by atoms with Crippen LogP contribution in [0.5, 0.6) is 0 Å². The predicted octanol–water partition coefficient (Wildman–Crippen LogP) is 4.54. The van der Waals surface area contributed by atoms with Crippen LogP contribution in [0.15, 0.2) is 36.9 Å². The number of aromatic carboxylic acids is 1. The van der Waals surface area contributed by atoms with Crippen LogP contribution in [0.3, 0.4) is 0 Å². The lowest BCUT2D eigenvalue weighted by atomic mass is 10.1. The quantitative estimate of drug-likeness (QED) is 0.433. The molecule has 0 aliphatic heterocycles. The summed E-state index contributed by atoms with van der Waals surface area (Å²) in [5, 5.41) is 17.8. The van der Waals surface area contributed by atoms with Crippen LogP contribution in [0, 0.1) is 6.92 Å². The number of hydrogen-bond donors (Lipinski definition) is 3. The van der Waals surface area contributed by atoms with E-state index in [0.717, 1.165) is 6.20 Å². The second kappa shape index (κ2) is 7.02. The van der Waals surface area contributed by atoms with Gasteiger partial charge in [0, 0.05) is 24.3 Å². The monoisotopic (exact) mass is 436 g/mol. The number of H-pyrrole nitrogens is 1. The number of alkyl halides is 3. The maximum absolute atomic E-state index is 13.2. The first-order chi connectivity index (χ1) is 14.2. The fourth-order valence-electron chi connectivity index (χ4n) is 3.02.